The van der Waals surface area contributed by atoms with Crippen molar-refractivity contribution in [2.45, 2.75) is 32.2 Å². The second kappa shape index (κ2) is 7.84. The van der Waals surface area contributed by atoms with Crippen molar-refractivity contribution in [3.8, 4) is 0 Å². The van der Waals surface area contributed by atoms with E-state index in [2.05, 4.69) is 10.6 Å². The minimum absolute atomic E-state index is 0.0223. The fraction of sp³-hybridized carbons (Fsp3) is 0.318. The fourth-order valence-corrected chi connectivity index (χ4v) is 3.33. The summed E-state index contributed by atoms with van der Waals surface area (Å²) in [6.45, 7) is 1.16. The van der Waals surface area contributed by atoms with Crippen LogP contribution in [0.25, 0.3) is 0 Å². The minimum atomic E-state index is -0.193. The summed E-state index contributed by atoms with van der Waals surface area (Å²) in [6.07, 6.45) is 3.39. The summed E-state index contributed by atoms with van der Waals surface area (Å²) in [6, 6.07) is 14.6. The molecule has 1 heterocycles. The van der Waals surface area contributed by atoms with Crippen LogP contribution in [0.5, 0.6) is 0 Å². The SMILES string of the molecule is O=C(NCc1ccc(N2CCCC2=O)cc1)c1cccc(NC(=O)C2CC2)c1. The number of carbonyl (C=O) groups excluding carboxylic acids is 3. The Labute approximate surface area is 163 Å². The third kappa shape index (κ3) is 4.22. The summed E-state index contributed by atoms with van der Waals surface area (Å²) in [4.78, 5) is 37.9. The van der Waals surface area contributed by atoms with Gasteiger partial charge in [-0.1, -0.05) is 18.2 Å². The molecule has 1 aliphatic carbocycles. The molecule has 0 aromatic heterocycles. The third-order valence-electron chi connectivity index (χ3n) is 5.11. The highest BCUT2D eigenvalue weighted by Crippen LogP contribution is 2.30. The van der Waals surface area contributed by atoms with Crippen LogP contribution < -0.4 is 15.5 Å². The second-order valence-electron chi connectivity index (χ2n) is 7.34. The zero-order valence-corrected chi connectivity index (χ0v) is 15.6. The summed E-state index contributed by atoms with van der Waals surface area (Å²) in [7, 11) is 0. The number of nitrogens with zero attached hydrogens (tertiary/aromatic N) is 1. The molecule has 2 fully saturated rings. The van der Waals surface area contributed by atoms with Crippen molar-refractivity contribution in [1.29, 1.82) is 0 Å². The molecule has 0 unspecified atom stereocenters. The number of carbonyl (C=O) groups is 3. The topological polar surface area (TPSA) is 78.5 Å². The van der Waals surface area contributed by atoms with Gasteiger partial charge in [-0.25, -0.2) is 0 Å². The Hall–Kier alpha value is -3.15. The molecule has 1 saturated heterocycles. The molecule has 0 radical (unpaired) electrons. The summed E-state index contributed by atoms with van der Waals surface area (Å²) in [5.41, 5.74) is 3.01. The lowest BCUT2D eigenvalue weighted by Gasteiger charge is -2.16. The van der Waals surface area contributed by atoms with Crippen LogP contribution in [0.15, 0.2) is 48.5 Å². The smallest absolute Gasteiger partial charge is 0.251 e. The molecule has 3 amide bonds. The quantitative estimate of drug-likeness (QED) is 0.812. The van der Waals surface area contributed by atoms with Crippen molar-refractivity contribution in [3.63, 3.8) is 0 Å². The van der Waals surface area contributed by atoms with Crippen LogP contribution in [0.1, 0.15) is 41.6 Å². The van der Waals surface area contributed by atoms with E-state index in [1.807, 2.05) is 24.3 Å². The van der Waals surface area contributed by atoms with Crippen LogP contribution in [0.4, 0.5) is 11.4 Å². The molecule has 28 heavy (non-hydrogen) atoms. The molecule has 0 atom stereocenters. The van der Waals surface area contributed by atoms with Crippen molar-refractivity contribution in [2.24, 2.45) is 5.92 Å². The Kier molecular flexibility index (Phi) is 5.10. The predicted octanol–water partition coefficient (Wildman–Crippen LogP) is 3.09. The third-order valence-corrected chi connectivity index (χ3v) is 5.11. The van der Waals surface area contributed by atoms with Crippen LogP contribution in [-0.4, -0.2) is 24.3 Å². The van der Waals surface area contributed by atoms with Gasteiger partial charge in [0.1, 0.15) is 0 Å². The maximum absolute atomic E-state index is 12.4. The average molecular weight is 377 g/mol. The highest BCUT2D eigenvalue weighted by atomic mass is 16.2. The average Bonchev–Trinajstić information content (AvgIpc) is 3.48. The summed E-state index contributed by atoms with van der Waals surface area (Å²) in [5.74, 6) is 0.112. The van der Waals surface area contributed by atoms with Crippen LogP contribution in [0.2, 0.25) is 0 Å². The number of benzene rings is 2. The van der Waals surface area contributed by atoms with E-state index in [-0.39, 0.29) is 23.6 Å². The molecule has 2 aliphatic rings. The van der Waals surface area contributed by atoms with E-state index in [9.17, 15) is 14.4 Å². The van der Waals surface area contributed by atoms with Gasteiger partial charge in [0.25, 0.3) is 5.91 Å². The number of amides is 3. The van der Waals surface area contributed by atoms with E-state index < -0.39 is 0 Å². The van der Waals surface area contributed by atoms with E-state index in [0.717, 1.165) is 37.1 Å². The molecule has 6 nitrogen and oxygen atoms in total. The molecular formula is C22H23N3O3. The molecule has 144 valence electrons. The highest BCUT2D eigenvalue weighted by molar-refractivity contribution is 5.98. The number of hydrogen-bond donors (Lipinski definition) is 2. The lowest BCUT2D eigenvalue weighted by atomic mass is 10.1. The van der Waals surface area contributed by atoms with Crippen LogP contribution in [-0.2, 0) is 16.1 Å². The van der Waals surface area contributed by atoms with E-state index in [4.69, 9.17) is 0 Å². The predicted molar refractivity (Wildman–Crippen MR) is 107 cm³/mol. The van der Waals surface area contributed by atoms with Crippen molar-refractivity contribution in [1.82, 2.24) is 5.32 Å². The number of rotatable bonds is 6. The molecule has 2 N–H and O–H groups in total. The van der Waals surface area contributed by atoms with Crippen molar-refractivity contribution in [3.05, 3.63) is 59.7 Å². The Balaban J connectivity index is 1.33. The molecule has 1 saturated carbocycles. The van der Waals surface area contributed by atoms with Gasteiger partial charge in [0, 0.05) is 42.4 Å². The molecule has 2 aromatic rings. The van der Waals surface area contributed by atoms with Gasteiger partial charge in [0.15, 0.2) is 0 Å². The van der Waals surface area contributed by atoms with Crippen LogP contribution >= 0.6 is 0 Å². The Morgan fingerprint density at radius 1 is 1.07 bits per heavy atom. The van der Waals surface area contributed by atoms with Crippen molar-refractivity contribution in [2.75, 3.05) is 16.8 Å². The van der Waals surface area contributed by atoms with E-state index in [0.29, 0.717) is 24.2 Å². The van der Waals surface area contributed by atoms with Crippen LogP contribution in [0, 0.1) is 5.92 Å². The molecule has 2 aromatic carbocycles. The molecular weight excluding hydrogens is 354 g/mol. The van der Waals surface area contributed by atoms with Crippen molar-refractivity contribution >= 4 is 29.1 Å². The molecule has 1 aliphatic heterocycles. The minimum Gasteiger partial charge on any atom is -0.348 e. The Morgan fingerprint density at radius 2 is 1.86 bits per heavy atom. The first-order chi connectivity index (χ1) is 13.6. The number of hydrogen-bond acceptors (Lipinski definition) is 3. The zero-order valence-electron chi connectivity index (χ0n) is 15.6. The maximum Gasteiger partial charge on any atom is 0.251 e. The zero-order chi connectivity index (χ0) is 19.5. The largest absolute Gasteiger partial charge is 0.348 e. The van der Waals surface area contributed by atoms with Crippen LogP contribution in [0.3, 0.4) is 0 Å². The lowest BCUT2D eigenvalue weighted by molar-refractivity contribution is -0.118. The Bertz CT molecular complexity index is 903. The molecule has 0 bridgehead atoms. The molecule has 6 heteroatoms. The van der Waals surface area contributed by atoms with E-state index >= 15 is 0 Å². The van der Waals surface area contributed by atoms with Gasteiger partial charge in [-0.2, -0.15) is 0 Å². The van der Waals surface area contributed by atoms with Crippen molar-refractivity contribution < 1.29 is 14.4 Å². The van der Waals surface area contributed by atoms with Gasteiger partial charge >= 0.3 is 0 Å². The summed E-state index contributed by atoms with van der Waals surface area (Å²) >= 11 is 0. The molecule has 0 spiro atoms. The van der Waals surface area contributed by atoms with Gasteiger partial charge in [0.05, 0.1) is 0 Å². The normalized spacial score (nSPS) is 16.1. The highest BCUT2D eigenvalue weighted by Gasteiger charge is 2.29. The maximum atomic E-state index is 12.4. The van der Waals surface area contributed by atoms with Gasteiger partial charge in [-0.05, 0) is 55.2 Å². The fourth-order valence-electron chi connectivity index (χ4n) is 3.33. The molecule has 4 rings (SSSR count). The van der Waals surface area contributed by atoms with E-state index in [1.54, 1.807) is 29.2 Å². The second-order valence-corrected chi connectivity index (χ2v) is 7.34. The Morgan fingerprint density at radius 3 is 2.54 bits per heavy atom. The first-order valence-electron chi connectivity index (χ1n) is 9.68. The van der Waals surface area contributed by atoms with Gasteiger partial charge < -0.3 is 15.5 Å². The van der Waals surface area contributed by atoms with Gasteiger partial charge in [-0.3, -0.25) is 14.4 Å². The standard InChI is InChI=1S/C22H23N3O3/c26-20-5-2-12-25(20)19-10-6-15(7-11-19)14-23-21(27)17-3-1-4-18(13-17)24-22(28)16-8-9-16/h1,3-4,6-7,10-11,13,16H,2,5,8-9,12,14H2,(H,23,27)(H,24,28). The summed E-state index contributed by atoms with van der Waals surface area (Å²) in [5, 5.41) is 5.75. The number of nitrogens with one attached hydrogen (secondary N) is 2. The number of anilines is 2. The lowest BCUT2D eigenvalue weighted by Crippen LogP contribution is -2.24. The first kappa shape index (κ1) is 18.2. The monoisotopic (exact) mass is 377 g/mol. The van der Waals surface area contributed by atoms with Gasteiger partial charge in [0.2, 0.25) is 11.8 Å². The van der Waals surface area contributed by atoms with E-state index in [1.165, 1.54) is 0 Å². The van der Waals surface area contributed by atoms with Gasteiger partial charge in [-0.15, -0.1) is 0 Å². The summed E-state index contributed by atoms with van der Waals surface area (Å²) < 4.78 is 0. The first-order valence-corrected chi connectivity index (χ1v) is 9.68.